The summed E-state index contributed by atoms with van der Waals surface area (Å²) in [6.45, 7) is 3.85. The Bertz CT molecular complexity index is 828. The fourth-order valence-corrected chi connectivity index (χ4v) is 3.89. The Hall–Kier alpha value is -1.44. The lowest BCUT2D eigenvalue weighted by atomic mass is 10.1. The third-order valence-corrected chi connectivity index (χ3v) is 5.17. The first-order valence-corrected chi connectivity index (χ1v) is 9.63. The van der Waals surface area contributed by atoms with Crippen molar-refractivity contribution in [1.82, 2.24) is 9.47 Å². The zero-order valence-corrected chi connectivity index (χ0v) is 16.5. The van der Waals surface area contributed by atoms with E-state index in [0.29, 0.717) is 26.2 Å². The van der Waals surface area contributed by atoms with Crippen LogP contribution in [0.3, 0.4) is 0 Å². The molecule has 26 heavy (non-hydrogen) atoms. The molecule has 0 aliphatic carbocycles. The molecule has 140 valence electrons. The highest BCUT2D eigenvalue weighted by molar-refractivity contribution is 9.10. The number of hydrogen-bond donors (Lipinski definition) is 3. The number of fused-ring (bicyclic) bond motifs is 3. The van der Waals surface area contributed by atoms with E-state index in [1.165, 1.54) is 10.9 Å². The SMILES string of the molecule is Cc1ccc2c(c1)c1cc(Br)ccc1n2CC(O)CN(CCO)CCO. The molecule has 0 saturated carbocycles. The van der Waals surface area contributed by atoms with Gasteiger partial charge >= 0.3 is 0 Å². The molecular formula is C20H25BrN2O3. The summed E-state index contributed by atoms with van der Waals surface area (Å²) in [6.07, 6.45) is -0.600. The highest BCUT2D eigenvalue weighted by Gasteiger charge is 2.16. The minimum atomic E-state index is -0.600. The first kappa shape index (κ1) is 19.3. The Morgan fingerprint density at radius 2 is 1.62 bits per heavy atom. The normalized spacial score (nSPS) is 13.2. The lowest BCUT2D eigenvalue weighted by molar-refractivity contribution is 0.0787. The zero-order valence-electron chi connectivity index (χ0n) is 14.9. The van der Waals surface area contributed by atoms with E-state index >= 15 is 0 Å². The molecular weight excluding hydrogens is 396 g/mol. The number of aromatic nitrogens is 1. The van der Waals surface area contributed by atoms with Gasteiger partial charge in [-0.25, -0.2) is 0 Å². The van der Waals surface area contributed by atoms with E-state index in [1.807, 2.05) is 11.0 Å². The highest BCUT2D eigenvalue weighted by atomic mass is 79.9. The maximum absolute atomic E-state index is 10.6. The molecule has 3 rings (SSSR count). The Morgan fingerprint density at radius 1 is 1.00 bits per heavy atom. The minimum Gasteiger partial charge on any atom is -0.395 e. The number of nitrogens with zero attached hydrogens (tertiary/aromatic N) is 2. The number of halogens is 1. The van der Waals surface area contributed by atoms with Crippen molar-refractivity contribution in [2.45, 2.75) is 19.6 Å². The summed E-state index contributed by atoms with van der Waals surface area (Å²) in [5, 5.41) is 31.3. The topological polar surface area (TPSA) is 68.9 Å². The van der Waals surface area contributed by atoms with Crippen LogP contribution in [0.5, 0.6) is 0 Å². The third kappa shape index (κ3) is 4.10. The monoisotopic (exact) mass is 420 g/mol. The Balaban J connectivity index is 1.95. The number of aliphatic hydroxyl groups excluding tert-OH is 3. The fraction of sp³-hybridized carbons (Fsp3) is 0.400. The molecule has 1 aromatic heterocycles. The van der Waals surface area contributed by atoms with Crippen LogP contribution in [0.1, 0.15) is 5.56 Å². The first-order chi connectivity index (χ1) is 12.5. The minimum absolute atomic E-state index is 0.00933. The van der Waals surface area contributed by atoms with Gasteiger partial charge in [0.1, 0.15) is 0 Å². The molecule has 0 spiro atoms. The van der Waals surface area contributed by atoms with Crippen LogP contribution in [-0.4, -0.2) is 63.7 Å². The number of aliphatic hydroxyl groups is 3. The molecule has 1 atom stereocenters. The van der Waals surface area contributed by atoms with Crippen LogP contribution in [-0.2, 0) is 6.54 Å². The van der Waals surface area contributed by atoms with Gasteiger partial charge in [0.2, 0.25) is 0 Å². The van der Waals surface area contributed by atoms with Crippen LogP contribution in [0.15, 0.2) is 40.9 Å². The zero-order chi connectivity index (χ0) is 18.7. The molecule has 1 heterocycles. The van der Waals surface area contributed by atoms with E-state index in [9.17, 15) is 5.11 Å². The van der Waals surface area contributed by atoms with Gasteiger partial charge < -0.3 is 19.9 Å². The lowest BCUT2D eigenvalue weighted by Gasteiger charge is -2.24. The van der Waals surface area contributed by atoms with Crippen molar-refractivity contribution in [3.63, 3.8) is 0 Å². The van der Waals surface area contributed by atoms with Crippen molar-refractivity contribution >= 4 is 37.7 Å². The third-order valence-electron chi connectivity index (χ3n) is 4.68. The van der Waals surface area contributed by atoms with Crippen molar-refractivity contribution in [1.29, 1.82) is 0 Å². The smallest absolute Gasteiger partial charge is 0.0846 e. The van der Waals surface area contributed by atoms with Crippen LogP contribution < -0.4 is 0 Å². The largest absolute Gasteiger partial charge is 0.395 e. The maximum atomic E-state index is 10.6. The van der Waals surface area contributed by atoms with Crippen LogP contribution in [0.25, 0.3) is 21.8 Å². The quantitative estimate of drug-likeness (QED) is 0.523. The molecule has 3 aromatic rings. The Labute approximate surface area is 161 Å². The number of benzene rings is 2. The van der Waals surface area contributed by atoms with Gasteiger partial charge in [-0.2, -0.15) is 0 Å². The summed E-state index contributed by atoms with van der Waals surface area (Å²) in [5.74, 6) is 0. The molecule has 2 aromatic carbocycles. The molecule has 0 aliphatic rings. The standard InChI is InChI=1S/C20H25BrN2O3/c1-14-2-4-19-17(10-14)18-11-15(21)3-5-20(18)23(19)13-16(26)12-22(6-8-24)7-9-25/h2-5,10-11,16,24-26H,6-9,12-13H2,1H3. The fourth-order valence-electron chi connectivity index (χ4n) is 3.53. The van der Waals surface area contributed by atoms with E-state index < -0.39 is 6.10 Å². The molecule has 6 heteroatoms. The second-order valence-electron chi connectivity index (χ2n) is 6.69. The Morgan fingerprint density at radius 3 is 2.27 bits per heavy atom. The second-order valence-corrected chi connectivity index (χ2v) is 7.61. The highest BCUT2D eigenvalue weighted by Crippen LogP contribution is 2.32. The van der Waals surface area contributed by atoms with Crippen LogP contribution >= 0.6 is 15.9 Å². The van der Waals surface area contributed by atoms with E-state index in [0.717, 1.165) is 20.9 Å². The van der Waals surface area contributed by atoms with E-state index in [-0.39, 0.29) is 13.2 Å². The van der Waals surface area contributed by atoms with E-state index in [2.05, 4.69) is 57.8 Å². The number of rotatable bonds is 8. The Kier molecular flexibility index (Phi) is 6.32. The van der Waals surface area contributed by atoms with Crippen LogP contribution in [0.2, 0.25) is 0 Å². The van der Waals surface area contributed by atoms with Gasteiger partial charge in [0.05, 0.1) is 25.9 Å². The predicted octanol–water partition coefficient (Wildman–Crippen LogP) is 2.51. The van der Waals surface area contributed by atoms with Gasteiger partial charge in [0, 0.05) is 45.9 Å². The number of aryl methyl sites for hydroxylation is 1. The maximum Gasteiger partial charge on any atom is 0.0846 e. The summed E-state index contributed by atoms with van der Waals surface area (Å²) in [6, 6.07) is 12.6. The van der Waals surface area contributed by atoms with Crippen molar-refractivity contribution in [3.8, 4) is 0 Å². The van der Waals surface area contributed by atoms with Gasteiger partial charge in [0.25, 0.3) is 0 Å². The molecule has 0 radical (unpaired) electrons. The average molecular weight is 421 g/mol. The van der Waals surface area contributed by atoms with Gasteiger partial charge in [-0.15, -0.1) is 0 Å². The second kappa shape index (κ2) is 8.50. The summed E-state index contributed by atoms with van der Waals surface area (Å²) >= 11 is 3.55. The van der Waals surface area contributed by atoms with Crippen molar-refractivity contribution < 1.29 is 15.3 Å². The summed E-state index contributed by atoms with van der Waals surface area (Å²) < 4.78 is 3.18. The lowest BCUT2D eigenvalue weighted by Crippen LogP contribution is -2.38. The van der Waals surface area contributed by atoms with Crippen molar-refractivity contribution in [3.05, 3.63) is 46.4 Å². The average Bonchev–Trinajstić information content (AvgIpc) is 2.88. The van der Waals surface area contributed by atoms with Crippen molar-refractivity contribution in [2.24, 2.45) is 0 Å². The molecule has 3 N–H and O–H groups in total. The van der Waals surface area contributed by atoms with Crippen LogP contribution in [0.4, 0.5) is 0 Å². The van der Waals surface area contributed by atoms with Gasteiger partial charge in [-0.05, 0) is 37.3 Å². The molecule has 0 aliphatic heterocycles. The molecule has 0 saturated heterocycles. The van der Waals surface area contributed by atoms with Gasteiger partial charge in [-0.1, -0.05) is 27.6 Å². The van der Waals surface area contributed by atoms with Crippen LogP contribution in [0, 0.1) is 6.92 Å². The predicted molar refractivity (Wildman–Crippen MR) is 108 cm³/mol. The molecule has 0 fully saturated rings. The van der Waals surface area contributed by atoms with Crippen molar-refractivity contribution in [2.75, 3.05) is 32.8 Å². The molecule has 5 nitrogen and oxygen atoms in total. The molecule has 0 bridgehead atoms. The summed E-state index contributed by atoms with van der Waals surface area (Å²) in [4.78, 5) is 1.87. The number of hydrogen-bond acceptors (Lipinski definition) is 4. The van der Waals surface area contributed by atoms with E-state index in [1.54, 1.807) is 0 Å². The van der Waals surface area contributed by atoms with E-state index in [4.69, 9.17) is 10.2 Å². The molecule has 1 unspecified atom stereocenters. The van der Waals surface area contributed by atoms with Gasteiger partial charge in [-0.3, -0.25) is 4.90 Å². The summed E-state index contributed by atoms with van der Waals surface area (Å²) in [7, 11) is 0. The first-order valence-electron chi connectivity index (χ1n) is 8.83. The van der Waals surface area contributed by atoms with Gasteiger partial charge in [0.15, 0.2) is 0 Å². The summed E-state index contributed by atoms with van der Waals surface area (Å²) in [5.41, 5.74) is 3.39. The molecule has 0 amide bonds.